The first kappa shape index (κ1) is 12.7. The van der Waals surface area contributed by atoms with Crippen LogP contribution in [0.3, 0.4) is 0 Å². The zero-order chi connectivity index (χ0) is 8.48. The first-order valence-corrected chi connectivity index (χ1v) is 5.32. The van der Waals surface area contributed by atoms with Crippen molar-refractivity contribution < 1.29 is 46.2 Å². The van der Waals surface area contributed by atoms with Gasteiger partial charge in [-0.25, -0.2) is 8.42 Å². The van der Waals surface area contributed by atoms with Crippen LogP contribution in [0.15, 0.2) is 29.2 Å². The molecule has 1 rings (SSSR count). The average Bonchev–Trinajstić information content (AvgIpc) is 1.86. The number of benzene rings is 1. The molecule has 68 valence electrons. The van der Waals surface area contributed by atoms with Crippen LogP contribution >= 0.6 is 10.7 Å². The van der Waals surface area contributed by atoms with Crippen LogP contribution in [0.1, 0.15) is 5.56 Å². The van der Waals surface area contributed by atoms with Crippen molar-refractivity contribution in [3.05, 3.63) is 29.8 Å². The molecule has 0 N–H and O–H groups in total. The van der Waals surface area contributed by atoms with E-state index in [1.54, 1.807) is 12.1 Å². The Morgan fingerprint density at radius 1 is 1.17 bits per heavy atom. The molecule has 12 heavy (non-hydrogen) atoms. The van der Waals surface area contributed by atoms with Crippen LogP contribution < -0.4 is 0 Å². The van der Waals surface area contributed by atoms with Crippen LogP contribution in [-0.2, 0) is 9.05 Å². The zero-order valence-corrected chi connectivity index (χ0v) is 8.55. The molecule has 0 bridgehead atoms. The standard InChI is InChI=1S/C7H7ClO2S.Ar/c1-6-2-4-7(5-3-6)11(8,9)10;/h2-5H,1H3;. The third-order valence-electron chi connectivity index (χ3n) is 1.30. The van der Waals surface area contributed by atoms with Crippen molar-refractivity contribution in [3.8, 4) is 0 Å². The third-order valence-corrected chi connectivity index (χ3v) is 2.67. The summed E-state index contributed by atoms with van der Waals surface area (Å²) < 4.78 is 21.4. The summed E-state index contributed by atoms with van der Waals surface area (Å²) in [5.41, 5.74) is 1.01. The Kier molecular flexibility index (Phi) is 5.11. The number of hydrogen-bond donors (Lipinski definition) is 0. The molecule has 5 heteroatoms. The molecule has 0 aromatic heterocycles. The predicted molar refractivity (Wildman–Crippen MR) is 44.2 cm³/mol. The van der Waals surface area contributed by atoms with Gasteiger partial charge in [0.2, 0.25) is 0 Å². The first-order chi connectivity index (χ1) is 5.00. The number of aryl methyl sites for hydroxylation is 1. The van der Waals surface area contributed by atoms with Crippen LogP contribution in [-0.4, -0.2) is 8.42 Å². The molecular formula is C7H7ArClO2S. The fourth-order valence-electron chi connectivity index (χ4n) is 0.701. The zero-order valence-electron chi connectivity index (χ0n) is 6.27. The van der Waals surface area contributed by atoms with Crippen molar-refractivity contribution in [1.82, 2.24) is 0 Å². The summed E-state index contributed by atoms with van der Waals surface area (Å²) in [7, 11) is 1.54. The van der Waals surface area contributed by atoms with Gasteiger partial charge in [0.25, 0.3) is 9.05 Å². The molecule has 0 aliphatic heterocycles. The Labute approximate surface area is 106 Å². The van der Waals surface area contributed by atoms with Crippen molar-refractivity contribution in [1.29, 1.82) is 0 Å². The van der Waals surface area contributed by atoms with Gasteiger partial charge < -0.3 is 0 Å². The van der Waals surface area contributed by atoms with E-state index in [1.165, 1.54) is 12.1 Å². The fourth-order valence-corrected chi connectivity index (χ4v) is 1.47. The van der Waals surface area contributed by atoms with Crippen molar-refractivity contribution in [2.24, 2.45) is 0 Å². The van der Waals surface area contributed by atoms with E-state index in [9.17, 15) is 8.42 Å². The molecule has 0 saturated carbocycles. The maximum absolute atomic E-state index is 10.7. The summed E-state index contributed by atoms with van der Waals surface area (Å²) in [6.07, 6.45) is 0. The van der Waals surface area contributed by atoms with E-state index < -0.39 is 9.05 Å². The van der Waals surface area contributed by atoms with Gasteiger partial charge in [0.15, 0.2) is 0 Å². The van der Waals surface area contributed by atoms with Crippen LogP contribution in [0.2, 0.25) is 0 Å². The van der Waals surface area contributed by atoms with Gasteiger partial charge in [-0.05, 0) is 19.1 Å². The van der Waals surface area contributed by atoms with Crippen LogP contribution in [0.5, 0.6) is 0 Å². The van der Waals surface area contributed by atoms with Gasteiger partial charge in [-0.15, -0.1) is 0 Å². The molecule has 2 nitrogen and oxygen atoms in total. The molecule has 0 radical (unpaired) electrons. The third kappa shape index (κ3) is 3.62. The summed E-state index contributed by atoms with van der Waals surface area (Å²) in [6.45, 7) is 1.88. The molecule has 0 saturated heterocycles. The van der Waals surface area contributed by atoms with Gasteiger partial charge in [-0.1, -0.05) is 17.7 Å². The van der Waals surface area contributed by atoms with E-state index in [-0.39, 0.29) is 42.6 Å². The monoisotopic (exact) mass is 230 g/mol. The van der Waals surface area contributed by atoms with E-state index >= 15 is 0 Å². The molecular weight excluding hydrogens is 224 g/mol. The molecule has 0 amide bonds. The van der Waals surface area contributed by atoms with Gasteiger partial charge in [0, 0.05) is 48.4 Å². The summed E-state index contributed by atoms with van der Waals surface area (Å²) in [6, 6.07) is 6.37. The van der Waals surface area contributed by atoms with Crippen molar-refractivity contribution in [2.45, 2.75) is 11.8 Å². The Hall–Kier alpha value is 0.720. The minimum atomic E-state index is -3.55. The Morgan fingerprint density at radius 3 is 1.92 bits per heavy atom. The van der Waals surface area contributed by atoms with E-state index in [2.05, 4.69) is 0 Å². The Bertz CT molecular complexity index is 344. The second-order valence-corrected chi connectivity index (χ2v) is 4.82. The quantitative estimate of drug-likeness (QED) is 0.691. The smallest absolute Gasteiger partial charge is 0.207 e. The maximum atomic E-state index is 10.7. The second-order valence-electron chi connectivity index (χ2n) is 2.25. The molecule has 1 aromatic carbocycles. The summed E-state index contributed by atoms with van der Waals surface area (Å²) in [5, 5.41) is 0. The van der Waals surface area contributed by atoms with Gasteiger partial charge in [0.1, 0.15) is 0 Å². The summed E-state index contributed by atoms with van der Waals surface area (Å²) in [5.74, 6) is 0. The second kappa shape index (κ2) is 4.82. The van der Waals surface area contributed by atoms with Crippen LogP contribution in [0, 0.1) is 44.7 Å². The molecule has 0 atom stereocenters. The van der Waals surface area contributed by atoms with Crippen molar-refractivity contribution >= 4 is 19.7 Å². The first-order valence-electron chi connectivity index (χ1n) is 3.01. The molecule has 0 aliphatic carbocycles. The van der Waals surface area contributed by atoms with Gasteiger partial charge in [-0.3, -0.25) is 0 Å². The van der Waals surface area contributed by atoms with Crippen molar-refractivity contribution in [2.75, 3.05) is 0 Å². The molecule has 0 aliphatic rings. The van der Waals surface area contributed by atoms with Crippen LogP contribution in [0.25, 0.3) is 0 Å². The number of halogens is 1. The topological polar surface area (TPSA) is 34.1 Å². The predicted octanol–water partition coefficient (Wildman–Crippen LogP) is 1.92. The van der Waals surface area contributed by atoms with Gasteiger partial charge in [-0.2, -0.15) is 0 Å². The number of rotatable bonds is 1. The molecule has 1 aromatic rings. The Balaban J connectivity index is 0.00000121. The van der Waals surface area contributed by atoms with Gasteiger partial charge >= 0.3 is 0 Å². The van der Waals surface area contributed by atoms with Crippen molar-refractivity contribution in [3.63, 3.8) is 0 Å². The van der Waals surface area contributed by atoms with Gasteiger partial charge in [0.05, 0.1) is 4.90 Å². The molecule has 0 spiro atoms. The molecule has 0 fully saturated rings. The molecule has 0 heterocycles. The average molecular weight is 231 g/mol. The summed E-state index contributed by atoms with van der Waals surface area (Å²) in [4.78, 5) is 0.143. The van der Waals surface area contributed by atoms with E-state index in [4.69, 9.17) is 10.7 Å². The van der Waals surface area contributed by atoms with Crippen LogP contribution in [0.4, 0.5) is 0 Å². The number of hydrogen-bond acceptors (Lipinski definition) is 2. The van der Waals surface area contributed by atoms with E-state index in [0.717, 1.165) is 5.56 Å². The maximum Gasteiger partial charge on any atom is 0.261 e. The Morgan fingerprint density at radius 2 is 1.58 bits per heavy atom. The largest absolute Gasteiger partial charge is 0.261 e. The summed E-state index contributed by atoms with van der Waals surface area (Å²) >= 11 is 0. The molecule has 0 unspecified atom stereocenters. The minimum Gasteiger partial charge on any atom is -0.207 e. The fraction of sp³-hybridized carbons (Fsp3) is 0.143. The normalized spacial score (nSPS) is 10.5. The minimum absolute atomic E-state index is 0. The SMILES string of the molecule is Cc1ccc(S(=O)(=O)Cl)cc1.[Ar]. The van der Waals surface area contributed by atoms with E-state index in [0.29, 0.717) is 0 Å². The van der Waals surface area contributed by atoms with E-state index in [1.807, 2.05) is 6.92 Å².